The second kappa shape index (κ2) is 8.69. The Morgan fingerprint density at radius 2 is 2.00 bits per heavy atom. The van der Waals surface area contributed by atoms with E-state index in [0.717, 1.165) is 33.3 Å². The lowest BCUT2D eigenvalue weighted by Gasteiger charge is -2.08. The van der Waals surface area contributed by atoms with Gasteiger partial charge in [-0.05, 0) is 24.3 Å². The molecule has 2 aromatic heterocycles. The summed E-state index contributed by atoms with van der Waals surface area (Å²) in [4.78, 5) is 34.3. The third-order valence-corrected chi connectivity index (χ3v) is 6.67. The molecule has 0 atom stereocenters. The van der Waals surface area contributed by atoms with Gasteiger partial charge in [0.1, 0.15) is 5.69 Å². The van der Waals surface area contributed by atoms with Gasteiger partial charge < -0.3 is 5.32 Å². The van der Waals surface area contributed by atoms with Crippen LogP contribution < -0.4 is 10.8 Å². The second-order valence-corrected chi connectivity index (χ2v) is 8.62. The number of carbonyl (C=O) groups is 2. The molecule has 0 saturated heterocycles. The van der Waals surface area contributed by atoms with Crippen molar-refractivity contribution in [2.24, 2.45) is 0 Å². The molecule has 0 unspecified atom stereocenters. The molecule has 0 aliphatic heterocycles. The smallest absolute Gasteiger partial charge is 0.271 e. The van der Waals surface area contributed by atoms with Crippen LogP contribution in [0.3, 0.4) is 0 Å². The monoisotopic (exact) mass is 426 g/mol. The summed E-state index contributed by atoms with van der Waals surface area (Å²) in [5.41, 5.74) is 3.34. The van der Waals surface area contributed by atoms with Crippen molar-refractivity contribution >= 4 is 34.5 Å². The van der Waals surface area contributed by atoms with E-state index < -0.39 is 5.91 Å². The van der Waals surface area contributed by atoms with Crippen LogP contribution in [0.15, 0.2) is 34.9 Å². The van der Waals surface area contributed by atoms with Gasteiger partial charge in [0.15, 0.2) is 10.0 Å². The van der Waals surface area contributed by atoms with Crippen molar-refractivity contribution in [2.75, 3.05) is 6.54 Å². The van der Waals surface area contributed by atoms with Gasteiger partial charge in [-0.3, -0.25) is 14.8 Å². The third kappa shape index (κ3) is 4.62. The summed E-state index contributed by atoms with van der Waals surface area (Å²) in [6, 6.07) is 0. The van der Waals surface area contributed by atoms with E-state index in [1.807, 2.05) is 5.38 Å². The van der Waals surface area contributed by atoms with Crippen molar-refractivity contribution < 1.29 is 14.8 Å². The van der Waals surface area contributed by atoms with Gasteiger partial charge in [0.2, 0.25) is 0 Å². The maximum absolute atomic E-state index is 12.8. The highest BCUT2D eigenvalue weighted by Gasteiger charge is 2.32. The number of aromatic nitrogens is 2. The predicted octanol–water partition coefficient (Wildman–Crippen LogP) is 3.03. The Morgan fingerprint density at radius 3 is 2.72 bits per heavy atom. The SMILES string of the molecule is O=C(NO)/C1=C/C=C(/CNC(=O)c2nc(-c3nccs3)sc2C2CC2)CC#CC1. The van der Waals surface area contributed by atoms with E-state index in [1.54, 1.807) is 35.2 Å². The minimum absolute atomic E-state index is 0.209. The summed E-state index contributed by atoms with van der Waals surface area (Å²) >= 11 is 3.06. The Labute approximate surface area is 175 Å². The lowest BCUT2D eigenvalue weighted by atomic mass is 10.1. The highest BCUT2D eigenvalue weighted by atomic mass is 32.1. The normalized spacial score (nSPS) is 19.5. The van der Waals surface area contributed by atoms with Crippen LogP contribution in [0.25, 0.3) is 10.0 Å². The molecule has 1 saturated carbocycles. The zero-order valence-corrected chi connectivity index (χ0v) is 17.0. The molecule has 2 amide bonds. The summed E-state index contributed by atoms with van der Waals surface area (Å²) in [6.45, 7) is 0.312. The summed E-state index contributed by atoms with van der Waals surface area (Å²) in [7, 11) is 0. The molecule has 0 bridgehead atoms. The Kier molecular flexibility index (Phi) is 5.85. The molecule has 4 rings (SSSR count). The van der Waals surface area contributed by atoms with Gasteiger partial charge in [-0.1, -0.05) is 24.0 Å². The molecule has 0 aromatic carbocycles. The highest BCUT2D eigenvalue weighted by molar-refractivity contribution is 7.20. The van der Waals surface area contributed by atoms with E-state index in [1.165, 1.54) is 11.3 Å². The molecule has 3 N–H and O–H groups in total. The van der Waals surface area contributed by atoms with Crippen LogP contribution in [0, 0.1) is 11.8 Å². The quantitative estimate of drug-likeness (QED) is 0.374. The molecule has 7 nitrogen and oxygen atoms in total. The van der Waals surface area contributed by atoms with Crippen molar-refractivity contribution in [1.29, 1.82) is 0 Å². The molecule has 2 aliphatic rings. The number of nitrogens with one attached hydrogen (secondary N) is 2. The van der Waals surface area contributed by atoms with E-state index in [2.05, 4.69) is 27.1 Å². The summed E-state index contributed by atoms with van der Waals surface area (Å²) in [5, 5.41) is 15.2. The van der Waals surface area contributed by atoms with E-state index >= 15 is 0 Å². The summed E-state index contributed by atoms with van der Waals surface area (Å²) in [5.74, 6) is 5.50. The summed E-state index contributed by atoms with van der Waals surface area (Å²) < 4.78 is 0. The van der Waals surface area contributed by atoms with Crippen molar-refractivity contribution in [2.45, 2.75) is 31.6 Å². The molecule has 9 heteroatoms. The van der Waals surface area contributed by atoms with Crippen LogP contribution in [0.5, 0.6) is 0 Å². The molecular weight excluding hydrogens is 408 g/mol. The number of allylic oxidation sites excluding steroid dienone is 2. The first-order valence-electron chi connectivity index (χ1n) is 9.13. The molecule has 2 heterocycles. The Morgan fingerprint density at radius 1 is 1.17 bits per heavy atom. The van der Waals surface area contributed by atoms with E-state index in [-0.39, 0.29) is 12.3 Å². The van der Waals surface area contributed by atoms with Gasteiger partial charge in [-0.2, -0.15) is 0 Å². The van der Waals surface area contributed by atoms with Gasteiger partial charge in [0.25, 0.3) is 11.8 Å². The minimum Gasteiger partial charge on any atom is -0.347 e. The molecule has 148 valence electrons. The van der Waals surface area contributed by atoms with Crippen molar-refractivity contribution in [3.63, 3.8) is 0 Å². The fraction of sp³-hybridized carbons (Fsp3) is 0.300. The first kappa shape index (κ1) is 19.5. The lowest BCUT2D eigenvalue weighted by Crippen LogP contribution is -2.27. The molecule has 2 aromatic rings. The average molecular weight is 427 g/mol. The van der Waals surface area contributed by atoms with Crippen molar-refractivity contribution in [3.8, 4) is 21.9 Å². The van der Waals surface area contributed by atoms with Crippen LogP contribution in [-0.2, 0) is 4.79 Å². The number of amides is 2. The van der Waals surface area contributed by atoms with Crippen LogP contribution >= 0.6 is 22.7 Å². The van der Waals surface area contributed by atoms with E-state index in [9.17, 15) is 9.59 Å². The highest BCUT2D eigenvalue weighted by Crippen LogP contribution is 2.46. The van der Waals surface area contributed by atoms with Crippen LogP contribution in [-0.4, -0.2) is 33.5 Å². The number of thiazole rings is 2. The van der Waals surface area contributed by atoms with Crippen molar-refractivity contribution in [1.82, 2.24) is 20.8 Å². The fourth-order valence-electron chi connectivity index (χ4n) is 2.83. The first-order chi connectivity index (χ1) is 14.2. The zero-order chi connectivity index (χ0) is 20.2. The molecule has 0 radical (unpaired) electrons. The average Bonchev–Trinajstić information content (AvgIpc) is 3.23. The maximum atomic E-state index is 12.8. The fourth-order valence-corrected chi connectivity index (χ4v) is 4.74. The number of hydrogen-bond donors (Lipinski definition) is 3. The molecule has 1 fully saturated rings. The number of rotatable bonds is 6. The molecule has 29 heavy (non-hydrogen) atoms. The lowest BCUT2D eigenvalue weighted by molar-refractivity contribution is -0.125. The van der Waals surface area contributed by atoms with Crippen LogP contribution in [0.2, 0.25) is 0 Å². The molecule has 2 aliphatic carbocycles. The zero-order valence-electron chi connectivity index (χ0n) is 15.4. The largest absolute Gasteiger partial charge is 0.347 e. The van der Waals surface area contributed by atoms with E-state index in [4.69, 9.17) is 5.21 Å². The van der Waals surface area contributed by atoms with Gasteiger partial charge in [0.05, 0.1) is 0 Å². The van der Waals surface area contributed by atoms with Gasteiger partial charge in [-0.25, -0.2) is 15.4 Å². The standard InChI is InChI=1S/C20H18N4O3S2/c25-17(24-27)14-4-2-1-3-12(5-6-14)11-22-18(26)15-16(13-7-8-13)29-20(23-15)19-21-9-10-28-19/h5-6,9-10,13,27H,3-4,7-8,11H2,(H,22,26)(H,24,25)/b12-5+,14-6+. The van der Waals surface area contributed by atoms with Crippen LogP contribution in [0.4, 0.5) is 0 Å². The second-order valence-electron chi connectivity index (χ2n) is 6.69. The molecular formula is C20H18N4O3S2. The Balaban J connectivity index is 1.49. The van der Waals surface area contributed by atoms with E-state index in [0.29, 0.717) is 30.2 Å². The van der Waals surface area contributed by atoms with Gasteiger partial charge in [0, 0.05) is 41.4 Å². The Bertz CT molecular complexity index is 1050. The summed E-state index contributed by atoms with van der Waals surface area (Å²) in [6.07, 6.45) is 8.07. The number of hydrogen-bond acceptors (Lipinski definition) is 7. The third-order valence-electron chi connectivity index (χ3n) is 4.54. The van der Waals surface area contributed by atoms with Gasteiger partial charge >= 0.3 is 0 Å². The number of nitrogens with zero attached hydrogens (tertiary/aromatic N) is 2. The van der Waals surface area contributed by atoms with Crippen molar-refractivity contribution in [3.05, 3.63) is 45.4 Å². The molecule has 0 spiro atoms. The maximum Gasteiger partial charge on any atom is 0.271 e. The number of hydroxylamine groups is 1. The Hall–Kier alpha value is -2.80. The first-order valence-corrected chi connectivity index (χ1v) is 10.8. The van der Waals surface area contributed by atoms with Crippen LogP contribution in [0.1, 0.15) is 47.0 Å². The topological polar surface area (TPSA) is 104 Å². The minimum atomic E-state index is -0.577. The van der Waals surface area contributed by atoms with Gasteiger partial charge in [-0.15, -0.1) is 22.7 Å². The predicted molar refractivity (Wildman–Crippen MR) is 111 cm³/mol. The number of carbonyl (C=O) groups excluding carboxylic acids is 2.